The lowest BCUT2D eigenvalue weighted by molar-refractivity contribution is -0.115. The van der Waals surface area contributed by atoms with E-state index in [4.69, 9.17) is 0 Å². The first-order valence-electron chi connectivity index (χ1n) is 10.2. The summed E-state index contributed by atoms with van der Waals surface area (Å²) in [6, 6.07) is 18.6. The Bertz CT molecular complexity index is 1280. The first-order chi connectivity index (χ1) is 15.5. The van der Waals surface area contributed by atoms with Crippen LogP contribution in [0, 0.1) is 13.8 Å². The smallest absolute Gasteiger partial charge is 0.256 e. The van der Waals surface area contributed by atoms with Crippen LogP contribution in [0.3, 0.4) is 0 Å². The molecule has 4 aromatic rings. The van der Waals surface area contributed by atoms with Gasteiger partial charge in [-0.15, -0.1) is 0 Å². The zero-order valence-corrected chi connectivity index (χ0v) is 17.9. The zero-order chi connectivity index (χ0) is 22.5. The molecule has 0 atom stereocenters. The van der Waals surface area contributed by atoms with E-state index in [1.54, 1.807) is 47.5 Å². The van der Waals surface area contributed by atoms with Crippen LogP contribution >= 0.6 is 0 Å². The van der Waals surface area contributed by atoms with E-state index in [1.165, 1.54) is 0 Å². The third-order valence-corrected chi connectivity index (χ3v) is 4.84. The molecule has 2 aromatic heterocycles. The van der Waals surface area contributed by atoms with Crippen molar-refractivity contribution in [2.24, 2.45) is 0 Å². The monoisotopic (exact) mass is 425 g/mol. The Morgan fingerprint density at radius 2 is 1.75 bits per heavy atom. The van der Waals surface area contributed by atoms with Crippen LogP contribution in [0.15, 0.2) is 79.3 Å². The van der Waals surface area contributed by atoms with Crippen LogP contribution in [-0.4, -0.2) is 26.6 Å². The highest BCUT2D eigenvalue weighted by Gasteiger charge is 2.10. The number of aromatic nitrogens is 3. The standard InChI is InChI=1S/C25H23N5O2/c1-17-5-3-6-19(11-17)13-24(31)28-21-15-27-30(16-21)22-8-4-7-20(14-22)25(32)29-23-12-18(2)9-10-26-23/h3-12,14-16H,13H2,1-2H3,(H,28,31)(H,26,29,32). The summed E-state index contributed by atoms with van der Waals surface area (Å²) in [5, 5.41) is 9.98. The van der Waals surface area contributed by atoms with Crippen LogP contribution in [0.2, 0.25) is 0 Å². The predicted molar refractivity (Wildman–Crippen MR) is 124 cm³/mol. The third kappa shape index (κ3) is 5.26. The number of pyridine rings is 1. The number of benzene rings is 2. The fourth-order valence-corrected chi connectivity index (χ4v) is 3.32. The molecular weight excluding hydrogens is 402 g/mol. The minimum atomic E-state index is -0.260. The second-order valence-corrected chi connectivity index (χ2v) is 7.61. The van der Waals surface area contributed by atoms with Crippen molar-refractivity contribution in [3.05, 3.63) is 102 Å². The number of nitrogens with zero attached hydrogens (tertiary/aromatic N) is 3. The van der Waals surface area contributed by atoms with Gasteiger partial charge in [0, 0.05) is 11.8 Å². The van der Waals surface area contributed by atoms with Gasteiger partial charge in [-0.1, -0.05) is 35.9 Å². The molecule has 0 spiro atoms. The molecule has 0 aliphatic carbocycles. The van der Waals surface area contributed by atoms with Gasteiger partial charge in [-0.2, -0.15) is 5.10 Å². The number of rotatable bonds is 6. The van der Waals surface area contributed by atoms with Crippen molar-refractivity contribution < 1.29 is 9.59 Å². The second-order valence-electron chi connectivity index (χ2n) is 7.61. The fourth-order valence-electron chi connectivity index (χ4n) is 3.32. The summed E-state index contributed by atoms with van der Waals surface area (Å²) in [5.41, 5.74) is 4.85. The molecular formula is C25H23N5O2. The maximum atomic E-state index is 12.6. The molecule has 0 bridgehead atoms. The summed E-state index contributed by atoms with van der Waals surface area (Å²) >= 11 is 0. The van der Waals surface area contributed by atoms with Gasteiger partial charge in [0.2, 0.25) is 5.91 Å². The number of carbonyl (C=O) groups excluding carboxylic acids is 2. The van der Waals surface area contributed by atoms with Crippen molar-refractivity contribution in [2.75, 3.05) is 10.6 Å². The highest BCUT2D eigenvalue weighted by molar-refractivity contribution is 6.04. The first kappa shape index (κ1) is 21.0. The normalized spacial score (nSPS) is 10.6. The Morgan fingerprint density at radius 1 is 0.938 bits per heavy atom. The number of anilines is 2. The predicted octanol–water partition coefficient (Wildman–Crippen LogP) is 4.32. The van der Waals surface area contributed by atoms with Crippen molar-refractivity contribution in [2.45, 2.75) is 20.3 Å². The Hall–Kier alpha value is -4.26. The van der Waals surface area contributed by atoms with Crippen LogP contribution < -0.4 is 10.6 Å². The fraction of sp³-hybridized carbons (Fsp3) is 0.120. The van der Waals surface area contributed by atoms with E-state index in [0.29, 0.717) is 22.8 Å². The van der Waals surface area contributed by atoms with Crippen molar-refractivity contribution >= 4 is 23.3 Å². The summed E-state index contributed by atoms with van der Waals surface area (Å²) < 4.78 is 1.62. The van der Waals surface area contributed by atoms with E-state index in [-0.39, 0.29) is 18.2 Å². The molecule has 160 valence electrons. The average Bonchev–Trinajstić information content (AvgIpc) is 3.22. The maximum Gasteiger partial charge on any atom is 0.256 e. The average molecular weight is 425 g/mol. The van der Waals surface area contributed by atoms with Gasteiger partial charge in [-0.3, -0.25) is 9.59 Å². The lowest BCUT2D eigenvalue weighted by Crippen LogP contribution is -2.14. The van der Waals surface area contributed by atoms with Gasteiger partial charge >= 0.3 is 0 Å². The van der Waals surface area contributed by atoms with Gasteiger partial charge in [0.15, 0.2) is 0 Å². The number of hydrogen-bond donors (Lipinski definition) is 2. The minimum absolute atomic E-state index is 0.117. The lowest BCUT2D eigenvalue weighted by atomic mass is 10.1. The Balaban J connectivity index is 1.43. The van der Waals surface area contributed by atoms with Crippen molar-refractivity contribution in [3.8, 4) is 5.69 Å². The van der Waals surface area contributed by atoms with E-state index in [2.05, 4.69) is 20.7 Å². The summed E-state index contributed by atoms with van der Waals surface area (Å²) in [4.78, 5) is 29.2. The van der Waals surface area contributed by atoms with Crippen LogP contribution in [-0.2, 0) is 11.2 Å². The number of amides is 2. The second kappa shape index (κ2) is 9.26. The summed E-state index contributed by atoms with van der Waals surface area (Å²) in [6.45, 7) is 3.93. The van der Waals surface area contributed by atoms with E-state index >= 15 is 0 Å². The number of carbonyl (C=O) groups is 2. The highest BCUT2D eigenvalue weighted by Crippen LogP contribution is 2.16. The lowest BCUT2D eigenvalue weighted by Gasteiger charge is -2.07. The van der Waals surface area contributed by atoms with Crippen LogP contribution in [0.25, 0.3) is 5.69 Å². The van der Waals surface area contributed by atoms with E-state index in [1.807, 2.05) is 50.2 Å². The molecule has 0 saturated heterocycles. The molecule has 0 radical (unpaired) electrons. The molecule has 4 rings (SSSR count). The first-order valence-corrected chi connectivity index (χ1v) is 10.2. The molecule has 2 N–H and O–H groups in total. The largest absolute Gasteiger partial charge is 0.323 e. The van der Waals surface area contributed by atoms with Gasteiger partial charge < -0.3 is 10.6 Å². The molecule has 7 nitrogen and oxygen atoms in total. The SMILES string of the molecule is Cc1cccc(CC(=O)Nc2cnn(-c3cccc(C(=O)Nc4cc(C)ccn4)c3)c2)c1. The van der Waals surface area contributed by atoms with Crippen molar-refractivity contribution in [1.82, 2.24) is 14.8 Å². The summed E-state index contributed by atoms with van der Waals surface area (Å²) in [5.74, 6) is 0.121. The molecule has 0 saturated carbocycles. The molecule has 2 amide bonds. The van der Waals surface area contributed by atoms with Crippen molar-refractivity contribution in [3.63, 3.8) is 0 Å². The number of hydrogen-bond acceptors (Lipinski definition) is 4. The number of aryl methyl sites for hydroxylation is 2. The molecule has 2 heterocycles. The zero-order valence-electron chi connectivity index (χ0n) is 17.9. The van der Waals surface area contributed by atoms with Crippen LogP contribution in [0.1, 0.15) is 27.0 Å². The molecule has 0 unspecified atom stereocenters. The van der Waals surface area contributed by atoms with E-state index < -0.39 is 0 Å². The summed E-state index contributed by atoms with van der Waals surface area (Å²) in [7, 11) is 0. The van der Waals surface area contributed by atoms with Gasteiger partial charge in [0.25, 0.3) is 5.91 Å². The van der Waals surface area contributed by atoms with Gasteiger partial charge in [0.1, 0.15) is 5.82 Å². The van der Waals surface area contributed by atoms with Crippen molar-refractivity contribution in [1.29, 1.82) is 0 Å². The van der Waals surface area contributed by atoms with Gasteiger partial charge in [-0.25, -0.2) is 9.67 Å². The van der Waals surface area contributed by atoms with E-state index in [0.717, 1.165) is 16.7 Å². The van der Waals surface area contributed by atoms with Crippen LogP contribution in [0.4, 0.5) is 11.5 Å². The number of nitrogens with one attached hydrogen (secondary N) is 2. The quantitative estimate of drug-likeness (QED) is 0.482. The molecule has 0 aliphatic rings. The van der Waals surface area contributed by atoms with Gasteiger partial charge in [-0.05, 0) is 55.3 Å². The molecule has 0 fully saturated rings. The highest BCUT2D eigenvalue weighted by atomic mass is 16.2. The third-order valence-electron chi connectivity index (χ3n) is 4.84. The minimum Gasteiger partial charge on any atom is -0.323 e. The maximum absolute atomic E-state index is 12.6. The summed E-state index contributed by atoms with van der Waals surface area (Å²) in [6.07, 6.45) is 5.24. The van der Waals surface area contributed by atoms with Gasteiger partial charge in [0.05, 0.1) is 30.2 Å². The molecule has 7 heteroatoms. The Morgan fingerprint density at radius 3 is 2.56 bits per heavy atom. The Labute approximate surface area is 186 Å². The Kier molecular flexibility index (Phi) is 6.07. The molecule has 32 heavy (non-hydrogen) atoms. The van der Waals surface area contributed by atoms with E-state index in [9.17, 15) is 9.59 Å². The topological polar surface area (TPSA) is 88.9 Å². The van der Waals surface area contributed by atoms with Crippen LogP contribution in [0.5, 0.6) is 0 Å². The molecule has 2 aromatic carbocycles. The molecule has 0 aliphatic heterocycles.